The van der Waals surface area contributed by atoms with Crippen molar-refractivity contribution in [3.8, 4) is 0 Å². The number of Topliss-reactive ketones (excluding diaryl/α,β-unsaturated/α-hetero) is 1. The standard InChI is InChI=1S/C22H38O/c1-6-7-14-21(4,15-8-10-17(2)3)20-13-12-18-19(23)11-9-16-22(18,20)5/h6-7,17-18,20H,8-16H2,1-5H3/b7-6+/t18?,20-,21+,22+/m1/s1. The van der Waals surface area contributed by atoms with E-state index in [1.807, 2.05) is 0 Å². The highest BCUT2D eigenvalue weighted by atomic mass is 16.1. The number of fused-ring (bicyclic) bond motifs is 1. The van der Waals surface area contributed by atoms with Gasteiger partial charge >= 0.3 is 0 Å². The van der Waals surface area contributed by atoms with Crippen LogP contribution in [0.4, 0.5) is 0 Å². The molecule has 0 radical (unpaired) electrons. The molecule has 0 aromatic rings. The molecule has 0 spiro atoms. The van der Waals surface area contributed by atoms with E-state index in [-0.39, 0.29) is 5.41 Å². The highest BCUT2D eigenvalue weighted by Crippen LogP contribution is 2.61. The molecule has 2 rings (SSSR count). The van der Waals surface area contributed by atoms with Gasteiger partial charge in [0.25, 0.3) is 0 Å². The van der Waals surface area contributed by atoms with Gasteiger partial charge < -0.3 is 0 Å². The summed E-state index contributed by atoms with van der Waals surface area (Å²) >= 11 is 0. The van der Waals surface area contributed by atoms with E-state index in [2.05, 4.69) is 46.8 Å². The van der Waals surface area contributed by atoms with Crippen LogP contribution in [-0.2, 0) is 4.79 Å². The maximum Gasteiger partial charge on any atom is 0.136 e. The Morgan fingerprint density at radius 2 is 2.09 bits per heavy atom. The second-order valence-corrected chi connectivity index (χ2v) is 9.22. The molecule has 1 heteroatoms. The molecule has 2 fully saturated rings. The van der Waals surface area contributed by atoms with E-state index in [0.29, 0.717) is 23.0 Å². The number of hydrogen-bond acceptors (Lipinski definition) is 1. The van der Waals surface area contributed by atoms with E-state index in [1.54, 1.807) is 0 Å². The molecular formula is C22H38O. The van der Waals surface area contributed by atoms with Crippen LogP contribution in [0, 0.1) is 28.6 Å². The van der Waals surface area contributed by atoms with Crippen LogP contribution < -0.4 is 0 Å². The second kappa shape index (κ2) is 7.53. The monoisotopic (exact) mass is 318 g/mol. The van der Waals surface area contributed by atoms with Gasteiger partial charge in [0.2, 0.25) is 0 Å². The molecule has 0 amide bonds. The van der Waals surface area contributed by atoms with Crippen molar-refractivity contribution < 1.29 is 4.79 Å². The lowest BCUT2D eigenvalue weighted by molar-refractivity contribution is -0.131. The fourth-order valence-corrected chi connectivity index (χ4v) is 5.79. The van der Waals surface area contributed by atoms with Crippen molar-refractivity contribution in [3.05, 3.63) is 12.2 Å². The van der Waals surface area contributed by atoms with Crippen molar-refractivity contribution in [2.45, 2.75) is 92.4 Å². The number of carbonyl (C=O) groups is 1. The summed E-state index contributed by atoms with van der Waals surface area (Å²) in [4.78, 5) is 12.5. The van der Waals surface area contributed by atoms with Gasteiger partial charge in [-0.2, -0.15) is 0 Å². The third-order valence-corrected chi connectivity index (χ3v) is 7.05. The quantitative estimate of drug-likeness (QED) is 0.485. The van der Waals surface area contributed by atoms with Crippen molar-refractivity contribution in [1.29, 1.82) is 0 Å². The predicted molar refractivity (Wildman–Crippen MR) is 99.4 cm³/mol. The number of allylic oxidation sites excluding steroid dienone is 2. The van der Waals surface area contributed by atoms with Crippen LogP contribution in [-0.4, -0.2) is 5.78 Å². The molecule has 0 aliphatic heterocycles. The average Bonchev–Trinajstić information content (AvgIpc) is 2.84. The molecule has 4 atom stereocenters. The van der Waals surface area contributed by atoms with E-state index in [0.717, 1.165) is 25.2 Å². The fourth-order valence-electron chi connectivity index (χ4n) is 5.79. The van der Waals surface area contributed by atoms with Crippen LogP contribution >= 0.6 is 0 Å². The molecule has 2 aliphatic rings. The first kappa shape index (κ1) is 18.7. The summed E-state index contributed by atoms with van der Waals surface area (Å²) in [6.45, 7) is 11.8. The lowest BCUT2D eigenvalue weighted by Crippen LogP contribution is -2.43. The summed E-state index contributed by atoms with van der Waals surface area (Å²) in [5, 5.41) is 0. The van der Waals surface area contributed by atoms with Crippen LogP contribution in [0.2, 0.25) is 0 Å². The van der Waals surface area contributed by atoms with E-state index in [4.69, 9.17) is 0 Å². The molecular weight excluding hydrogens is 280 g/mol. The predicted octanol–water partition coefficient (Wildman–Crippen LogP) is 6.57. The minimum Gasteiger partial charge on any atom is -0.299 e. The van der Waals surface area contributed by atoms with E-state index in [1.165, 1.54) is 38.5 Å². The zero-order valence-electron chi connectivity index (χ0n) is 16.2. The normalized spacial score (nSPS) is 34.1. The SMILES string of the molecule is C/C=C/C[C@@](C)(CCCC(C)C)[C@H]1CCC2C(=O)CCC[C@@]21C. The third-order valence-electron chi connectivity index (χ3n) is 7.05. The molecule has 0 saturated heterocycles. The molecule has 1 unspecified atom stereocenters. The topological polar surface area (TPSA) is 17.1 Å². The Labute approximate surface area is 144 Å². The lowest BCUT2D eigenvalue weighted by Gasteiger charge is -2.48. The van der Waals surface area contributed by atoms with Gasteiger partial charge in [0.15, 0.2) is 0 Å². The van der Waals surface area contributed by atoms with Crippen LogP contribution in [0.3, 0.4) is 0 Å². The summed E-state index contributed by atoms with van der Waals surface area (Å²) in [6.07, 6.45) is 15.4. The average molecular weight is 319 g/mol. The van der Waals surface area contributed by atoms with Gasteiger partial charge in [0.1, 0.15) is 5.78 Å². The molecule has 0 bridgehead atoms. The van der Waals surface area contributed by atoms with Gasteiger partial charge in [-0.05, 0) is 68.1 Å². The summed E-state index contributed by atoms with van der Waals surface area (Å²) in [5.74, 6) is 2.44. The molecule has 1 nitrogen and oxygen atoms in total. The van der Waals surface area contributed by atoms with Crippen molar-refractivity contribution in [2.75, 3.05) is 0 Å². The first-order valence-electron chi connectivity index (χ1n) is 9.97. The molecule has 2 saturated carbocycles. The van der Waals surface area contributed by atoms with Crippen molar-refractivity contribution in [2.24, 2.45) is 28.6 Å². The molecule has 23 heavy (non-hydrogen) atoms. The maximum absolute atomic E-state index is 12.5. The zero-order chi connectivity index (χ0) is 17.1. The van der Waals surface area contributed by atoms with Crippen molar-refractivity contribution in [1.82, 2.24) is 0 Å². The number of ketones is 1. The summed E-state index contributed by atoms with van der Waals surface area (Å²) in [5.41, 5.74) is 0.631. The fraction of sp³-hybridized carbons (Fsp3) is 0.864. The smallest absolute Gasteiger partial charge is 0.136 e. The van der Waals surface area contributed by atoms with Crippen LogP contribution in [0.15, 0.2) is 12.2 Å². The second-order valence-electron chi connectivity index (χ2n) is 9.22. The minimum atomic E-state index is 0.267. The number of rotatable bonds is 7. The molecule has 2 aliphatic carbocycles. The van der Waals surface area contributed by atoms with Crippen LogP contribution in [0.5, 0.6) is 0 Å². The van der Waals surface area contributed by atoms with E-state index in [9.17, 15) is 4.79 Å². The van der Waals surface area contributed by atoms with Crippen LogP contribution in [0.1, 0.15) is 92.4 Å². The highest BCUT2D eigenvalue weighted by molar-refractivity contribution is 5.83. The van der Waals surface area contributed by atoms with Gasteiger partial charge in [0.05, 0.1) is 0 Å². The van der Waals surface area contributed by atoms with E-state index < -0.39 is 0 Å². The van der Waals surface area contributed by atoms with Crippen LogP contribution in [0.25, 0.3) is 0 Å². The van der Waals surface area contributed by atoms with Crippen molar-refractivity contribution >= 4 is 5.78 Å². The van der Waals surface area contributed by atoms with Gasteiger partial charge in [0, 0.05) is 12.3 Å². The summed E-state index contributed by atoms with van der Waals surface area (Å²) in [7, 11) is 0. The Kier molecular flexibility index (Phi) is 6.14. The van der Waals surface area contributed by atoms with Gasteiger partial charge in [-0.25, -0.2) is 0 Å². The first-order chi connectivity index (χ1) is 10.8. The van der Waals surface area contributed by atoms with Crippen molar-refractivity contribution in [3.63, 3.8) is 0 Å². The summed E-state index contributed by atoms with van der Waals surface area (Å²) < 4.78 is 0. The lowest BCUT2D eigenvalue weighted by atomic mass is 9.56. The first-order valence-corrected chi connectivity index (χ1v) is 9.97. The number of carbonyl (C=O) groups excluding carboxylic acids is 1. The van der Waals surface area contributed by atoms with E-state index >= 15 is 0 Å². The Morgan fingerprint density at radius 1 is 1.35 bits per heavy atom. The van der Waals surface area contributed by atoms with Gasteiger partial charge in [-0.15, -0.1) is 0 Å². The summed E-state index contributed by atoms with van der Waals surface area (Å²) in [6, 6.07) is 0. The van der Waals surface area contributed by atoms with Gasteiger partial charge in [-0.3, -0.25) is 4.79 Å². The minimum absolute atomic E-state index is 0.267. The Balaban J connectivity index is 2.19. The zero-order valence-corrected chi connectivity index (χ0v) is 16.2. The highest BCUT2D eigenvalue weighted by Gasteiger charge is 2.55. The molecule has 0 aromatic carbocycles. The Bertz CT molecular complexity index is 435. The molecule has 0 aromatic heterocycles. The molecule has 132 valence electrons. The Morgan fingerprint density at radius 3 is 2.74 bits per heavy atom. The molecule has 0 N–H and O–H groups in total. The largest absolute Gasteiger partial charge is 0.299 e. The maximum atomic E-state index is 12.5. The Hall–Kier alpha value is -0.590. The number of hydrogen-bond donors (Lipinski definition) is 0. The van der Waals surface area contributed by atoms with Gasteiger partial charge in [-0.1, -0.05) is 52.7 Å². The third kappa shape index (κ3) is 3.91. The molecule has 0 heterocycles.